The summed E-state index contributed by atoms with van der Waals surface area (Å²) < 4.78 is 10.4. The number of rotatable bonds is 2. The van der Waals surface area contributed by atoms with Gasteiger partial charge in [0.15, 0.2) is 5.69 Å². The molecule has 20 heavy (non-hydrogen) atoms. The Morgan fingerprint density at radius 3 is 2.95 bits per heavy atom. The van der Waals surface area contributed by atoms with Gasteiger partial charge >= 0.3 is 0 Å². The van der Waals surface area contributed by atoms with Crippen LogP contribution in [0, 0.1) is 6.92 Å². The summed E-state index contributed by atoms with van der Waals surface area (Å²) in [6, 6.07) is 9.53. The topological polar surface area (TPSA) is 55.6 Å². The molecule has 1 aromatic heterocycles. The van der Waals surface area contributed by atoms with Crippen LogP contribution in [0.3, 0.4) is 0 Å². The van der Waals surface area contributed by atoms with Gasteiger partial charge in [0.2, 0.25) is 0 Å². The summed E-state index contributed by atoms with van der Waals surface area (Å²) >= 11 is 0. The van der Waals surface area contributed by atoms with E-state index in [4.69, 9.17) is 9.26 Å². The van der Waals surface area contributed by atoms with Gasteiger partial charge in [0.25, 0.3) is 5.91 Å². The van der Waals surface area contributed by atoms with Crippen LogP contribution in [-0.4, -0.2) is 30.8 Å². The number of carbonyl (C=O) groups is 1. The lowest BCUT2D eigenvalue weighted by Crippen LogP contribution is -2.43. The molecule has 0 spiro atoms. The van der Waals surface area contributed by atoms with E-state index in [0.29, 0.717) is 18.0 Å². The molecule has 1 aromatic carbocycles. The first-order valence-electron chi connectivity index (χ1n) is 6.55. The van der Waals surface area contributed by atoms with Crippen molar-refractivity contribution in [1.82, 2.24) is 5.16 Å². The number of aromatic nitrogens is 1. The molecule has 5 heteroatoms. The fourth-order valence-corrected chi connectivity index (χ4v) is 2.51. The van der Waals surface area contributed by atoms with Crippen LogP contribution in [-0.2, 0) is 11.2 Å². The van der Waals surface area contributed by atoms with Crippen LogP contribution in [0.15, 0.2) is 34.9 Å². The summed E-state index contributed by atoms with van der Waals surface area (Å²) in [4.78, 5) is 14.3. The van der Waals surface area contributed by atoms with Crippen molar-refractivity contribution in [2.75, 3.05) is 18.6 Å². The molecular formula is C15H16N2O3. The standard InChI is InChI=1S/C15H16N2O3/c1-10-7-13(16-20-10)15(18)17-9-12(19-2)8-11-5-3-4-6-14(11)17/h3-7,12H,8-9H2,1-2H3/t12-/m1/s1. The second kappa shape index (κ2) is 5.09. The molecule has 104 valence electrons. The molecule has 0 aliphatic carbocycles. The van der Waals surface area contributed by atoms with Gasteiger partial charge in [0, 0.05) is 25.3 Å². The lowest BCUT2D eigenvalue weighted by Gasteiger charge is -2.33. The maximum Gasteiger partial charge on any atom is 0.280 e. The number of aryl methyl sites for hydroxylation is 1. The van der Waals surface area contributed by atoms with E-state index < -0.39 is 0 Å². The average Bonchev–Trinajstić information content (AvgIpc) is 2.92. The molecule has 1 aliphatic rings. The highest BCUT2D eigenvalue weighted by atomic mass is 16.5. The molecule has 0 bridgehead atoms. The lowest BCUT2D eigenvalue weighted by molar-refractivity contribution is 0.0864. The van der Waals surface area contributed by atoms with Crippen molar-refractivity contribution >= 4 is 11.6 Å². The third-order valence-corrected chi connectivity index (χ3v) is 3.54. The van der Waals surface area contributed by atoms with Crippen molar-refractivity contribution in [2.24, 2.45) is 0 Å². The SMILES string of the molecule is CO[C@@H]1Cc2ccccc2N(C(=O)c2cc(C)on2)C1. The van der Waals surface area contributed by atoms with Crippen LogP contribution in [0.1, 0.15) is 21.8 Å². The van der Waals surface area contributed by atoms with Crippen molar-refractivity contribution in [1.29, 1.82) is 0 Å². The second-order valence-corrected chi connectivity index (χ2v) is 4.93. The number of nitrogens with zero attached hydrogens (tertiary/aromatic N) is 2. The van der Waals surface area contributed by atoms with Crippen LogP contribution in [0.5, 0.6) is 0 Å². The largest absolute Gasteiger partial charge is 0.379 e. The third-order valence-electron chi connectivity index (χ3n) is 3.54. The van der Waals surface area contributed by atoms with E-state index in [1.165, 1.54) is 0 Å². The molecule has 0 radical (unpaired) electrons. The maximum atomic E-state index is 12.6. The molecule has 3 rings (SSSR count). The van der Waals surface area contributed by atoms with Crippen LogP contribution < -0.4 is 4.90 Å². The van der Waals surface area contributed by atoms with Crippen LogP contribution >= 0.6 is 0 Å². The molecule has 2 heterocycles. The van der Waals surface area contributed by atoms with E-state index in [1.807, 2.05) is 24.3 Å². The van der Waals surface area contributed by atoms with Gasteiger partial charge in [-0.1, -0.05) is 23.4 Å². The van der Waals surface area contributed by atoms with E-state index >= 15 is 0 Å². The molecular weight excluding hydrogens is 256 g/mol. The molecule has 2 aromatic rings. The molecule has 5 nitrogen and oxygen atoms in total. The first-order chi connectivity index (χ1) is 9.69. The third kappa shape index (κ3) is 2.20. The van der Waals surface area contributed by atoms with Gasteiger partial charge < -0.3 is 14.2 Å². The van der Waals surface area contributed by atoms with Crippen LogP contribution in [0.25, 0.3) is 0 Å². The minimum Gasteiger partial charge on any atom is -0.379 e. The van der Waals surface area contributed by atoms with E-state index in [-0.39, 0.29) is 12.0 Å². The smallest absolute Gasteiger partial charge is 0.280 e. The van der Waals surface area contributed by atoms with Crippen molar-refractivity contribution in [3.63, 3.8) is 0 Å². The number of methoxy groups -OCH3 is 1. The van der Waals surface area contributed by atoms with Gasteiger partial charge in [0.05, 0.1) is 12.6 Å². The average molecular weight is 272 g/mol. The number of carbonyl (C=O) groups excluding carboxylic acids is 1. The highest BCUT2D eigenvalue weighted by Crippen LogP contribution is 2.29. The first kappa shape index (κ1) is 12.9. The minimum atomic E-state index is -0.156. The predicted molar refractivity (Wildman–Crippen MR) is 73.9 cm³/mol. The highest BCUT2D eigenvalue weighted by Gasteiger charge is 2.30. The quantitative estimate of drug-likeness (QED) is 0.841. The Labute approximate surface area is 117 Å². The minimum absolute atomic E-state index is 0.00171. The number of anilines is 1. The zero-order valence-corrected chi connectivity index (χ0v) is 11.5. The molecule has 0 saturated heterocycles. The Balaban J connectivity index is 1.98. The van der Waals surface area contributed by atoms with Crippen molar-refractivity contribution in [3.05, 3.63) is 47.3 Å². The number of ether oxygens (including phenoxy) is 1. The molecule has 0 N–H and O–H groups in total. The normalized spacial score (nSPS) is 17.9. The van der Waals surface area contributed by atoms with E-state index in [9.17, 15) is 4.79 Å². The summed E-state index contributed by atoms with van der Waals surface area (Å²) in [5, 5.41) is 3.81. The van der Waals surface area contributed by atoms with E-state index in [0.717, 1.165) is 17.7 Å². The monoisotopic (exact) mass is 272 g/mol. The molecule has 1 atom stereocenters. The molecule has 0 unspecified atom stereocenters. The van der Waals surface area contributed by atoms with Crippen LogP contribution in [0.4, 0.5) is 5.69 Å². The predicted octanol–water partition coefficient (Wildman–Crippen LogP) is 2.20. The lowest BCUT2D eigenvalue weighted by atomic mass is 9.99. The molecule has 0 fully saturated rings. The number of fused-ring (bicyclic) bond motifs is 1. The zero-order chi connectivity index (χ0) is 14.1. The first-order valence-corrected chi connectivity index (χ1v) is 6.55. The Bertz CT molecular complexity index is 636. The molecule has 1 aliphatic heterocycles. The molecule has 1 amide bonds. The van der Waals surface area contributed by atoms with Gasteiger partial charge in [-0.3, -0.25) is 4.79 Å². The maximum absolute atomic E-state index is 12.6. The van der Waals surface area contributed by atoms with Gasteiger partial charge in [-0.15, -0.1) is 0 Å². The van der Waals surface area contributed by atoms with Gasteiger partial charge in [-0.2, -0.15) is 0 Å². The fourth-order valence-electron chi connectivity index (χ4n) is 2.51. The van der Waals surface area contributed by atoms with Gasteiger partial charge in [-0.25, -0.2) is 0 Å². The van der Waals surface area contributed by atoms with E-state index in [1.54, 1.807) is 25.0 Å². The number of hydrogen-bond donors (Lipinski definition) is 0. The number of para-hydroxylation sites is 1. The number of hydrogen-bond acceptors (Lipinski definition) is 4. The summed E-state index contributed by atoms with van der Waals surface area (Å²) in [5.74, 6) is 0.470. The summed E-state index contributed by atoms with van der Waals surface area (Å²) in [5.41, 5.74) is 2.36. The van der Waals surface area contributed by atoms with Crippen molar-refractivity contribution in [3.8, 4) is 0 Å². The summed E-state index contributed by atoms with van der Waals surface area (Å²) in [6.45, 7) is 2.30. The van der Waals surface area contributed by atoms with Crippen molar-refractivity contribution in [2.45, 2.75) is 19.4 Å². The summed E-state index contributed by atoms with van der Waals surface area (Å²) in [7, 11) is 1.67. The van der Waals surface area contributed by atoms with Crippen molar-refractivity contribution < 1.29 is 14.1 Å². The number of amides is 1. The van der Waals surface area contributed by atoms with Crippen LogP contribution in [0.2, 0.25) is 0 Å². The fraction of sp³-hybridized carbons (Fsp3) is 0.333. The molecule has 0 saturated carbocycles. The zero-order valence-electron chi connectivity index (χ0n) is 11.5. The number of benzene rings is 1. The highest BCUT2D eigenvalue weighted by molar-refractivity contribution is 6.05. The second-order valence-electron chi connectivity index (χ2n) is 4.93. The Kier molecular flexibility index (Phi) is 3.28. The van der Waals surface area contributed by atoms with Gasteiger partial charge in [0.1, 0.15) is 5.76 Å². The Morgan fingerprint density at radius 2 is 2.25 bits per heavy atom. The van der Waals surface area contributed by atoms with E-state index in [2.05, 4.69) is 5.16 Å². The Hall–Kier alpha value is -2.14. The summed E-state index contributed by atoms with van der Waals surface area (Å²) in [6.07, 6.45) is 0.815. The van der Waals surface area contributed by atoms with Gasteiger partial charge in [-0.05, 0) is 18.6 Å². The Morgan fingerprint density at radius 1 is 1.45 bits per heavy atom.